The van der Waals surface area contributed by atoms with Crippen molar-refractivity contribution in [3.05, 3.63) is 69.7 Å². The van der Waals surface area contributed by atoms with Crippen LogP contribution in [0.3, 0.4) is 0 Å². The highest BCUT2D eigenvalue weighted by Gasteiger charge is 2.02. The summed E-state index contributed by atoms with van der Waals surface area (Å²) in [6, 6.07) is 16.0. The van der Waals surface area contributed by atoms with Crippen molar-refractivity contribution in [3.63, 3.8) is 0 Å². The van der Waals surface area contributed by atoms with Crippen LogP contribution in [-0.4, -0.2) is 39.5 Å². The number of halogens is 1. The number of nitrogens with zero attached hydrogens (tertiary/aromatic N) is 3. The third-order valence-corrected chi connectivity index (χ3v) is 3.67. The summed E-state index contributed by atoms with van der Waals surface area (Å²) in [6.07, 6.45) is 4.08. The zero-order valence-corrected chi connectivity index (χ0v) is 17.5. The van der Waals surface area contributed by atoms with Crippen LogP contribution >= 0.6 is 15.9 Å². The van der Waals surface area contributed by atoms with Crippen molar-refractivity contribution >= 4 is 34.1 Å². The molecule has 0 aromatic heterocycles. The summed E-state index contributed by atoms with van der Waals surface area (Å²) in [7, 11) is 4.51. The van der Waals surface area contributed by atoms with E-state index in [1.54, 1.807) is 13.3 Å². The second-order valence-electron chi connectivity index (χ2n) is 5.25. The summed E-state index contributed by atoms with van der Waals surface area (Å²) in [5, 5.41) is 11.2. The molecule has 0 fully saturated rings. The first kappa shape index (κ1) is 22.4. The highest BCUT2D eigenvalue weighted by molar-refractivity contribution is 9.10. The first-order valence-electron chi connectivity index (χ1n) is 8.14. The van der Waals surface area contributed by atoms with Crippen LogP contribution in [0.5, 0.6) is 0 Å². The molecule has 0 spiro atoms. The molecule has 0 N–H and O–H groups in total. The quantitative estimate of drug-likeness (QED) is 0.473. The lowest BCUT2D eigenvalue weighted by Crippen LogP contribution is -2.03. The van der Waals surface area contributed by atoms with Gasteiger partial charge in [0.15, 0.2) is 0 Å². The van der Waals surface area contributed by atoms with E-state index in [1.807, 2.05) is 30.3 Å². The number of oxime groups is 3. The fourth-order valence-corrected chi connectivity index (χ4v) is 2.46. The van der Waals surface area contributed by atoms with Gasteiger partial charge in [-0.25, -0.2) is 0 Å². The molecule has 0 saturated heterocycles. The summed E-state index contributed by atoms with van der Waals surface area (Å²) < 4.78 is 0.967. The molecule has 2 aromatic carbocycles. The molecule has 0 radical (unpaired) electrons. The number of hydrogen-bond acceptors (Lipinski definition) is 6. The van der Waals surface area contributed by atoms with Gasteiger partial charge in [-0.05, 0) is 24.6 Å². The Morgan fingerprint density at radius 2 is 1.70 bits per heavy atom. The van der Waals surface area contributed by atoms with E-state index >= 15 is 0 Å². The molecule has 144 valence electrons. The van der Waals surface area contributed by atoms with Crippen LogP contribution in [0.1, 0.15) is 16.7 Å². The molecule has 27 heavy (non-hydrogen) atoms. The van der Waals surface area contributed by atoms with Crippen molar-refractivity contribution < 1.29 is 14.5 Å². The largest absolute Gasteiger partial charge is 0.399 e. The molecule has 0 aliphatic rings. The predicted octanol–water partition coefficient (Wildman–Crippen LogP) is 4.60. The molecule has 0 unspecified atom stereocenters. The number of benzene rings is 2. The third-order valence-electron chi connectivity index (χ3n) is 3.18. The van der Waals surface area contributed by atoms with E-state index in [-0.39, 0.29) is 0 Å². The zero-order chi connectivity index (χ0) is 19.9. The second kappa shape index (κ2) is 13.5. The Labute approximate surface area is 168 Å². The summed E-state index contributed by atoms with van der Waals surface area (Å²) in [5.41, 5.74) is 4.03. The van der Waals surface area contributed by atoms with E-state index in [2.05, 4.69) is 66.2 Å². The Morgan fingerprint density at radius 3 is 2.33 bits per heavy atom. The van der Waals surface area contributed by atoms with E-state index in [1.165, 1.54) is 31.6 Å². The van der Waals surface area contributed by atoms with Gasteiger partial charge in [-0.3, -0.25) is 0 Å². The Kier molecular flexibility index (Phi) is 11.2. The topological polar surface area (TPSA) is 64.8 Å². The van der Waals surface area contributed by atoms with Crippen LogP contribution in [-0.2, 0) is 20.9 Å². The molecular weight excluding hydrogens is 410 g/mol. The molecule has 0 aliphatic heterocycles. The minimum absolute atomic E-state index is 0.598. The van der Waals surface area contributed by atoms with Gasteiger partial charge in [-0.1, -0.05) is 73.4 Å². The average Bonchev–Trinajstić information content (AvgIpc) is 2.66. The maximum atomic E-state index is 4.72. The Bertz CT molecular complexity index is 777. The molecule has 7 heteroatoms. The maximum absolute atomic E-state index is 4.72. The van der Waals surface area contributed by atoms with Crippen molar-refractivity contribution in [1.29, 1.82) is 0 Å². The van der Waals surface area contributed by atoms with Crippen LogP contribution in [0.2, 0.25) is 0 Å². The van der Waals surface area contributed by atoms with Gasteiger partial charge in [-0.2, -0.15) is 0 Å². The molecule has 2 aromatic rings. The van der Waals surface area contributed by atoms with Crippen LogP contribution in [0.25, 0.3) is 0 Å². The summed E-state index contributed by atoms with van der Waals surface area (Å²) >= 11 is 3.38. The van der Waals surface area contributed by atoms with Gasteiger partial charge < -0.3 is 14.5 Å². The van der Waals surface area contributed by atoms with Gasteiger partial charge in [0.2, 0.25) is 0 Å². The first-order valence-corrected chi connectivity index (χ1v) is 8.94. The Balaban J connectivity index is 0.000000277. The molecule has 0 amide bonds. The Hall–Kier alpha value is -2.67. The van der Waals surface area contributed by atoms with Gasteiger partial charge >= 0.3 is 0 Å². The standard InChI is InChI=1S/C10H11BrN2O2.C10H13NO/c1-14-12-7-10(13-15-2)8-4-3-5-9(11)6-8;1-9-4-3-5-10(8-9)6-7-11-12-2/h3-7H,1-2H3;3-5,7-8H,6H2,1-2H3. The van der Waals surface area contributed by atoms with E-state index in [4.69, 9.17) is 4.84 Å². The van der Waals surface area contributed by atoms with E-state index in [9.17, 15) is 0 Å². The molecule has 0 saturated carbocycles. The van der Waals surface area contributed by atoms with Crippen molar-refractivity contribution in [2.24, 2.45) is 15.5 Å². The number of hydrogen-bond donors (Lipinski definition) is 0. The SMILES string of the molecule is CON=CC(=NOC)c1cccc(Br)c1.CON=CCc1cccc(C)c1. The summed E-state index contributed by atoms with van der Waals surface area (Å²) in [6.45, 7) is 2.08. The zero-order valence-electron chi connectivity index (χ0n) is 15.9. The monoisotopic (exact) mass is 433 g/mol. The molecule has 0 aliphatic carbocycles. The minimum Gasteiger partial charge on any atom is -0.399 e. The smallest absolute Gasteiger partial charge is 0.131 e. The molecule has 0 atom stereocenters. The molecule has 2 rings (SSSR count). The van der Waals surface area contributed by atoms with Gasteiger partial charge in [0, 0.05) is 22.7 Å². The third kappa shape index (κ3) is 9.55. The Morgan fingerprint density at radius 1 is 0.963 bits per heavy atom. The lowest BCUT2D eigenvalue weighted by molar-refractivity contribution is 0.211. The van der Waals surface area contributed by atoms with Gasteiger partial charge in [0.1, 0.15) is 27.0 Å². The van der Waals surface area contributed by atoms with Crippen LogP contribution in [0.15, 0.2) is 68.5 Å². The van der Waals surface area contributed by atoms with Crippen LogP contribution in [0.4, 0.5) is 0 Å². The summed E-state index contributed by atoms with van der Waals surface area (Å²) in [5.74, 6) is 0. The minimum atomic E-state index is 0.598. The molecule has 0 bridgehead atoms. The lowest BCUT2D eigenvalue weighted by Gasteiger charge is -2.00. The summed E-state index contributed by atoms with van der Waals surface area (Å²) in [4.78, 5) is 13.9. The van der Waals surface area contributed by atoms with E-state index < -0.39 is 0 Å². The number of aryl methyl sites for hydroxylation is 1. The maximum Gasteiger partial charge on any atom is 0.131 e. The van der Waals surface area contributed by atoms with Crippen LogP contribution < -0.4 is 0 Å². The van der Waals surface area contributed by atoms with E-state index in [0.717, 1.165) is 16.5 Å². The molecule has 0 heterocycles. The lowest BCUT2D eigenvalue weighted by atomic mass is 10.1. The first-order chi connectivity index (χ1) is 13.1. The average molecular weight is 434 g/mol. The predicted molar refractivity (Wildman–Crippen MR) is 114 cm³/mol. The normalized spacial score (nSPS) is 11.2. The highest BCUT2D eigenvalue weighted by atomic mass is 79.9. The highest BCUT2D eigenvalue weighted by Crippen LogP contribution is 2.12. The molecule has 6 nitrogen and oxygen atoms in total. The second-order valence-corrected chi connectivity index (χ2v) is 6.17. The van der Waals surface area contributed by atoms with Gasteiger partial charge in [0.25, 0.3) is 0 Å². The molecular formula is C20H24BrN3O3. The fourth-order valence-electron chi connectivity index (χ4n) is 2.06. The van der Waals surface area contributed by atoms with Crippen LogP contribution in [0, 0.1) is 6.92 Å². The van der Waals surface area contributed by atoms with Crippen molar-refractivity contribution in [3.8, 4) is 0 Å². The van der Waals surface area contributed by atoms with Crippen molar-refractivity contribution in [1.82, 2.24) is 0 Å². The number of rotatable bonds is 7. The van der Waals surface area contributed by atoms with Gasteiger partial charge in [0.05, 0.1) is 6.21 Å². The van der Waals surface area contributed by atoms with Crippen molar-refractivity contribution in [2.45, 2.75) is 13.3 Å². The van der Waals surface area contributed by atoms with Gasteiger partial charge in [-0.15, -0.1) is 0 Å². The van der Waals surface area contributed by atoms with E-state index in [0.29, 0.717) is 5.71 Å². The fraction of sp³-hybridized carbons (Fsp3) is 0.250. The van der Waals surface area contributed by atoms with Crippen molar-refractivity contribution in [2.75, 3.05) is 21.3 Å².